The van der Waals surface area contributed by atoms with Gasteiger partial charge in [-0.05, 0) is 6.92 Å². The molecule has 2 fully saturated rings. The summed E-state index contributed by atoms with van der Waals surface area (Å²) in [5.41, 5.74) is -3.93. The topological polar surface area (TPSA) is 99.6 Å². The van der Waals surface area contributed by atoms with E-state index in [-0.39, 0.29) is 6.61 Å². The predicted octanol–water partition coefficient (Wildman–Crippen LogP) is 1.18. The van der Waals surface area contributed by atoms with Gasteiger partial charge in [0, 0.05) is 12.3 Å². The summed E-state index contributed by atoms with van der Waals surface area (Å²) in [6.45, 7) is 4.46. The van der Waals surface area contributed by atoms with Crippen LogP contribution in [-0.4, -0.2) is 39.7 Å². The molecule has 0 bridgehead atoms. The minimum absolute atomic E-state index is 0.0890. The summed E-state index contributed by atoms with van der Waals surface area (Å²) < 4.78 is 45.0. The first-order chi connectivity index (χ1) is 10.6. The van der Waals surface area contributed by atoms with Crippen LogP contribution in [0.15, 0.2) is 21.9 Å². The predicted molar refractivity (Wildman–Crippen MR) is 78.3 cm³/mol. The number of aromatic amines is 1. The minimum atomic E-state index is -3.44. The van der Waals surface area contributed by atoms with Gasteiger partial charge in [0.25, 0.3) is 5.56 Å². The fourth-order valence-corrected chi connectivity index (χ4v) is 4.37. The van der Waals surface area contributed by atoms with E-state index in [0.29, 0.717) is 0 Å². The van der Waals surface area contributed by atoms with Crippen molar-refractivity contribution in [3.8, 4) is 0 Å². The average Bonchev–Trinajstić information content (AvgIpc) is 2.70. The Bertz CT molecular complexity index is 772. The largest absolute Gasteiger partial charge is 0.346 e. The number of H-pyrrole nitrogens is 1. The van der Waals surface area contributed by atoms with Crippen LogP contribution in [0.2, 0.25) is 0 Å². The molecule has 2 aliphatic rings. The maximum absolute atomic E-state index is 15.3. The summed E-state index contributed by atoms with van der Waals surface area (Å²) >= 11 is 0. The van der Waals surface area contributed by atoms with Crippen LogP contribution in [0.4, 0.5) is 4.39 Å². The number of ether oxygens (including phenoxy) is 1. The normalized spacial score (nSPS) is 40.3. The van der Waals surface area contributed by atoms with Gasteiger partial charge in [0.2, 0.25) is 0 Å². The van der Waals surface area contributed by atoms with Gasteiger partial charge in [-0.1, -0.05) is 13.8 Å². The molecule has 5 atom stereocenters. The summed E-state index contributed by atoms with van der Waals surface area (Å²) in [5, 5.41) is 0. The fraction of sp³-hybridized carbons (Fsp3) is 0.692. The Balaban J connectivity index is 1.97. The van der Waals surface area contributed by atoms with Gasteiger partial charge in [-0.2, -0.15) is 0 Å². The van der Waals surface area contributed by atoms with E-state index in [9.17, 15) is 14.2 Å². The summed E-state index contributed by atoms with van der Waals surface area (Å²) in [7, 11) is -3.44. The van der Waals surface area contributed by atoms with Crippen LogP contribution in [0.3, 0.4) is 0 Å². The number of fused-ring (bicyclic) bond motifs is 1. The minimum Gasteiger partial charge on any atom is -0.346 e. The van der Waals surface area contributed by atoms with Crippen molar-refractivity contribution in [3.05, 3.63) is 33.1 Å². The molecule has 0 amide bonds. The van der Waals surface area contributed by atoms with Crippen molar-refractivity contribution >= 4 is 7.60 Å². The lowest BCUT2D eigenvalue weighted by Crippen LogP contribution is -2.46. The number of nitrogens with one attached hydrogen (secondary N) is 1. The van der Waals surface area contributed by atoms with Crippen molar-refractivity contribution in [2.75, 3.05) is 6.61 Å². The van der Waals surface area contributed by atoms with Crippen molar-refractivity contribution in [1.29, 1.82) is 0 Å². The molecule has 0 spiro atoms. The zero-order valence-electron chi connectivity index (χ0n) is 12.9. The van der Waals surface area contributed by atoms with Crippen LogP contribution >= 0.6 is 7.60 Å². The molecule has 0 aromatic carbocycles. The Kier molecular flexibility index (Phi) is 3.87. The second kappa shape index (κ2) is 5.37. The highest BCUT2D eigenvalue weighted by molar-refractivity contribution is 7.54. The number of alkyl halides is 1. The lowest BCUT2D eigenvalue weighted by Gasteiger charge is -2.36. The lowest BCUT2D eigenvalue weighted by atomic mass is 9.98. The Morgan fingerprint density at radius 1 is 1.48 bits per heavy atom. The highest BCUT2D eigenvalue weighted by Crippen LogP contribution is 2.61. The van der Waals surface area contributed by atoms with Crippen LogP contribution in [-0.2, 0) is 18.3 Å². The summed E-state index contributed by atoms with van der Waals surface area (Å²) in [5.74, 6) is 0. The van der Waals surface area contributed by atoms with Crippen LogP contribution < -0.4 is 11.2 Å². The first kappa shape index (κ1) is 16.6. The fourth-order valence-electron chi connectivity index (χ4n) is 2.76. The zero-order valence-corrected chi connectivity index (χ0v) is 13.8. The number of nitrogens with zero attached hydrogens (tertiary/aromatic N) is 1. The maximum atomic E-state index is 15.3. The number of hydrogen-bond acceptors (Lipinski definition) is 6. The SMILES string of the molecule is CC(C)P1(=O)OC[C@H]2O[C@@H](n3ccc(=O)[nH]c3=O)[C@](C)(F)[C@@H]2O1. The van der Waals surface area contributed by atoms with Crippen molar-refractivity contribution in [2.24, 2.45) is 0 Å². The summed E-state index contributed by atoms with van der Waals surface area (Å²) in [6.07, 6.45) is -2.09. The summed E-state index contributed by atoms with van der Waals surface area (Å²) in [6, 6.07) is 1.10. The van der Waals surface area contributed by atoms with Gasteiger partial charge in [-0.3, -0.25) is 23.4 Å². The molecule has 3 rings (SSSR count). The smallest absolute Gasteiger partial charge is 0.333 e. The van der Waals surface area contributed by atoms with Crippen molar-refractivity contribution in [2.45, 2.75) is 50.5 Å². The number of aromatic nitrogens is 2. The molecule has 3 heterocycles. The van der Waals surface area contributed by atoms with E-state index in [0.717, 1.165) is 16.8 Å². The van der Waals surface area contributed by atoms with Crippen LogP contribution in [0.1, 0.15) is 27.0 Å². The molecule has 8 nitrogen and oxygen atoms in total. The standard InChI is InChI=1S/C13H18FN2O6P/c1-7(2)23(19)20-6-8-10(22-23)13(3,14)11(21-8)16-5-4-9(17)15-12(16)18/h4-5,7-8,10-11H,6H2,1-3H3,(H,15,17,18)/t8-,10-,11-,13-,23?/m1/s1. The van der Waals surface area contributed by atoms with E-state index in [2.05, 4.69) is 0 Å². The molecule has 1 N–H and O–H groups in total. The van der Waals surface area contributed by atoms with Gasteiger partial charge in [-0.25, -0.2) is 9.18 Å². The van der Waals surface area contributed by atoms with E-state index >= 15 is 4.39 Å². The first-order valence-electron chi connectivity index (χ1n) is 7.23. The number of hydrogen-bond donors (Lipinski definition) is 1. The lowest BCUT2D eigenvalue weighted by molar-refractivity contribution is -0.0637. The molecule has 1 aromatic heterocycles. The summed E-state index contributed by atoms with van der Waals surface area (Å²) in [4.78, 5) is 25.1. The molecule has 128 valence electrons. The second-order valence-corrected chi connectivity index (χ2v) is 8.73. The molecule has 1 aromatic rings. The maximum Gasteiger partial charge on any atom is 0.333 e. The third kappa shape index (κ3) is 2.61. The molecular weight excluding hydrogens is 330 g/mol. The van der Waals surface area contributed by atoms with E-state index in [4.69, 9.17) is 13.8 Å². The van der Waals surface area contributed by atoms with Crippen LogP contribution in [0.25, 0.3) is 0 Å². The monoisotopic (exact) mass is 348 g/mol. The van der Waals surface area contributed by atoms with Crippen molar-refractivity contribution in [1.82, 2.24) is 9.55 Å². The molecule has 23 heavy (non-hydrogen) atoms. The molecule has 1 unspecified atom stereocenters. The van der Waals surface area contributed by atoms with Crippen LogP contribution in [0, 0.1) is 0 Å². The van der Waals surface area contributed by atoms with Gasteiger partial charge in [-0.15, -0.1) is 0 Å². The first-order valence-corrected chi connectivity index (χ1v) is 8.85. The molecular formula is C13H18FN2O6P. The quantitative estimate of drug-likeness (QED) is 0.806. The van der Waals surface area contributed by atoms with Crippen molar-refractivity contribution in [3.63, 3.8) is 0 Å². The Morgan fingerprint density at radius 2 is 2.17 bits per heavy atom. The molecule has 2 aliphatic heterocycles. The second-order valence-electron chi connectivity index (χ2n) is 6.15. The molecule has 0 saturated carbocycles. The average molecular weight is 348 g/mol. The Morgan fingerprint density at radius 3 is 2.78 bits per heavy atom. The molecule has 0 aliphatic carbocycles. The Hall–Kier alpha value is -1.28. The number of halogens is 1. The van der Waals surface area contributed by atoms with E-state index in [1.54, 1.807) is 13.8 Å². The third-order valence-electron chi connectivity index (χ3n) is 4.10. The third-order valence-corrected chi connectivity index (χ3v) is 6.39. The van der Waals surface area contributed by atoms with Gasteiger partial charge >= 0.3 is 13.3 Å². The highest BCUT2D eigenvalue weighted by atomic mass is 31.2. The molecule has 2 saturated heterocycles. The number of rotatable bonds is 2. The van der Waals surface area contributed by atoms with E-state index in [1.807, 2.05) is 4.98 Å². The molecule has 10 heteroatoms. The van der Waals surface area contributed by atoms with Gasteiger partial charge < -0.3 is 9.26 Å². The zero-order chi connectivity index (χ0) is 17.0. The van der Waals surface area contributed by atoms with Crippen LogP contribution in [0.5, 0.6) is 0 Å². The highest BCUT2D eigenvalue weighted by Gasteiger charge is 2.61. The van der Waals surface area contributed by atoms with E-state index in [1.165, 1.54) is 6.92 Å². The van der Waals surface area contributed by atoms with E-state index < -0.39 is 48.6 Å². The Labute approximate surface area is 131 Å². The van der Waals surface area contributed by atoms with Gasteiger partial charge in [0.1, 0.15) is 12.2 Å². The van der Waals surface area contributed by atoms with Gasteiger partial charge in [0.05, 0.1) is 12.3 Å². The van der Waals surface area contributed by atoms with Crippen molar-refractivity contribution < 1.29 is 22.7 Å². The van der Waals surface area contributed by atoms with Gasteiger partial charge in [0.15, 0.2) is 11.9 Å². The molecule has 0 radical (unpaired) electrons.